The molecule has 0 saturated heterocycles. The van der Waals surface area contributed by atoms with E-state index in [4.69, 9.17) is 9.26 Å². The molecule has 0 radical (unpaired) electrons. The molecule has 6 nitrogen and oxygen atoms in total. The van der Waals surface area contributed by atoms with E-state index in [1.165, 1.54) is 12.8 Å². The Kier molecular flexibility index (Phi) is 6.01. The van der Waals surface area contributed by atoms with Gasteiger partial charge in [0.05, 0.1) is 6.10 Å². The maximum atomic E-state index is 12.3. The van der Waals surface area contributed by atoms with Crippen LogP contribution >= 0.6 is 0 Å². The van der Waals surface area contributed by atoms with Crippen molar-refractivity contribution in [3.05, 3.63) is 11.7 Å². The molecule has 1 amide bonds. The van der Waals surface area contributed by atoms with Gasteiger partial charge in [0.25, 0.3) is 5.89 Å². The van der Waals surface area contributed by atoms with Crippen molar-refractivity contribution in [2.75, 3.05) is 6.61 Å². The van der Waals surface area contributed by atoms with Crippen molar-refractivity contribution in [1.82, 2.24) is 15.5 Å². The Hall–Kier alpha value is -1.43. The number of carbonyl (C=O) groups is 1. The zero-order chi connectivity index (χ0) is 17.9. The second kappa shape index (κ2) is 7.64. The average Bonchev–Trinajstić information content (AvgIpc) is 2.92. The summed E-state index contributed by atoms with van der Waals surface area (Å²) in [5.74, 6) is 2.56. The summed E-state index contributed by atoms with van der Waals surface area (Å²) in [6.45, 7) is 12.2. The molecule has 0 aliphatic heterocycles. The lowest BCUT2D eigenvalue weighted by Crippen LogP contribution is -2.44. The number of nitrogens with one attached hydrogen (secondary N) is 1. The highest BCUT2D eigenvalue weighted by Gasteiger charge is 2.33. The topological polar surface area (TPSA) is 77.2 Å². The van der Waals surface area contributed by atoms with Crippen LogP contribution in [0.15, 0.2) is 4.52 Å². The highest BCUT2D eigenvalue weighted by molar-refractivity contribution is 5.78. The van der Waals surface area contributed by atoms with Crippen LogP contribution in [0.1, 0.15) is 65.6 Å². The van der Waals surface area contributed by atoms with Crippen molar-refractivity contribution in [3.63, 3.8) is 0 Å². The molecule has 1 aromatic rings. The van der Waals surface area contributed by atoms with E-state index in [-0.39, 0.29) is 18.6 Å². The SMILES string of the molecule is Cc1noc(C(C)(C)NC(=O)COC2CC(C)CCC2C(C)C)n1. The number of aryl methyl sites for hydroxylation is 1. The Morgan fingerprint density at radius 3 is 2.71 bits per heavy atom. The third-order valence-electron chi connectivity index (χ3n) is 4.90. The van der Waals surface area contributed by atoms with Crippen molar-refractivity contribution in [1.29, 1.82) is 0 Å². The lowest BCUT2D eigenvalue weighted by Gasteiger charge is -2.37. The van der Waals surface area contributed by atoms with Crippen LogP contribution < -0.4 is 5.32 Å². The fraction of sp³-hybridized carbons (Fsp3) is 0.833. The van der Waals surface area contributed by atoms with E-state index >= 15 is 0 Å². The van der Waals surface area contributed by atoms with Crippen molar-refractivity contribution >= 4 is 5.91 Å². The fourth-order valence-corrected chi connectivity index (χ4v) is 3.48. The summed E-state index contributed by atoms with van der Waals surface area (Å²) >= 11 is 0. The van der Waals surface area contributed by atoms with Crippen LogP contribution in [-0.2, 0) is 15.1 Å². The summed E-state index contributed by atoms with van der Waals surface area (Å²) in [6.07, 6.45) is 3.62. The summed E-state index contributed by atoms with van der Waals surface area (Å²) in [7, 11) is 0. The predicted octanol–water partition coefficient (Wildman–Crippen LogP) is 3.21. The van der Waals surface area contributed by atoms with E-state index in [1.54, 1.807) is 6.92 Å². The maximum absolute atomic E-state index is 12.3. The molecule has 136 valence electrons. The minimum Gasteiger partial charge on any atom is -0.368 e. The third kappa shape index (κ3) is 4.79. The normalized spacial score (nSPS) is 25.0. The summed E-state index contributed by atoms with van der Waals surface area (Å²) < 4.78 is 11.2. The van der Waals surface area contributed by atoms with Gasteiger partial charge in [-0.3, -0.25) is 4.79 Å². The smallest absolute Gasteiger partial charge is 0.251 e. The van der Waals surface area contributed by atoms with Crippen LogP contribution in [0.4, 0.5) is 0 Å². The number of nitrogens with zero attached hydrogens (tertiary/aromatic N) is 2. The molecule has 1 aromatic heterocycles. The van der Waals surface area contributed by atoms with Gasteiger partial charge in [0.1, 0.15) is 12.1 Å². The Morgan fingerprint density at radius 2 is 2.12 bits per heavy atom. The first kappa shape index (κ1) is 18.9. The van der Waals surface area contributed by atoms with Gasteiger partial charge in [-0.2, -0.15) is 4.98 Å². The van der Waals surface area contributed by atoms with E-state index in [2.05, 4.69) is 36.2 Å². The number of amides is 1. The van der Waals surface area contributed by atoms with E-state index in [9.17, 15) is 4.79 Å². The number of aromatic nitrogens is 2. The van der Waals surface area contributed by atoms with Crippen molar-refractivity contribution in [2.45, 2.75) is 72.4 Å². The Balaban J connectivity index is 1.89. The van der Waals surface area contributed by atoms with E-state index < -0.39 is 5.54 Å². The molecule has 3 unspecified atom stereocenters. The van der Waals surface area contributed by atoms with E-state index in [0.717, 1.165) is 6.42 Å². The van der Waals surface area contributed by atoms with Crippen molar-refractivity contribution in [2.24, 2.45) is 17.8 Å². The molecule has 1 aliphatic rings. The van der Waals surface area contributed by atoms with Crippen LogP contribution in [0.25, 0.3) is 0 Å². The van der Waals surface area contributed by atoms with Crippen molar-refractivity contribution in [3.8, 4) is 0 Å². The van der Waals surface area contributed by atoms with Crippen LogP contribution in [0.2, 0.25) is 0 Å². The maximum Gasteiger partial charge on any atom is 0.251 e. The van der Waals surface area contributed by atoms with Crippen LogP contribution in [0.5, 0.6) is 0 Å². The van der Waals surface area contributed by atoms with Gasteiger partial charge >= 0.3 is 0 Å². The quantitative estimate of drug-likeness (QED) is 0.862. The fourth-order valence-electron chi connectivity index (χ4n) is 3.48. The van der Waals surface area contributed by atoms with Gasteiger partial charge in [0.15, 0.2) is 5.82 Å². The number of ether oxygens (including phenoxy) is 1. The monoisotopic (exact) mass is 337 g/mol. The van der Waals surface area contributed by atoms with Crippen molar-refractivity contribution < 1.29 is 14.1 Å². The minimum absolute atomic E-state index is 0.0666. The summed E-state index contributed by atoms with van der Waals surface area (Å²) in [4.78, 5) is 16.5. The average molecular weight is 337 g/mol. The lowest BCUT2D eigenvalue weighted by molar-refractivity contribution is -0.133. The molecule has 0 aromatic carbocycles. The largest absolute Gasteiger partial charge is 0.368 e. The van der Waals surface area contributed by atoms with Gasteiger partial charge < -0.3 is 14.6 Å². The van der Waals surface area contributed by atoms with Gasteiger partial charge in [0, 0.05) is 0 Å². The van der Waals surface area contributed by atoms with Gasteiger partial charge in [-0.05, 0) is 51.4 Å². The molecule has 0 bridgehead atoms. The van der Waals surface area contributed by atoms with E-state index in [1.807, 2.05) is 13.8 Å². The molecule has 1 fully saturated rings. The summed E-state index contributed by atoms with van der Waals surface area (Å²) in [5.41, 5.74) is -0.709. The number of hydrogen-bond donors (Lipinski definition) is 1. The Labute approximate surface area is 144 Å². The molecule has 1 saturated carbocycles. The molecular formula is C18H31N3O3. The highest BCUT2D eigenvalue weighted by atomic mass is 16.5. The van der Waals surface area contributed by atoms with Gasteiger partial charge in [-0.25, -0.2) is 0 Å². The van der Waals surface area contributed by atoms with Crippen LogP contribution in [-0.4, -0.2) is 28.8 Å². The lowest BCUT2D eigenvalue weighted by atomic mass is 9.75. The molecule has 0 spiro atoms. The second-order valence-corrected chi connectivity index (χ2v) is 8.00. The molecule has 1 N–H and O–H groups in total. The second-order valence-electron chi connectivity index (χ2n) is 8.00. The molecule has 24 heavy (non-hydrogen) atoms. The predicted molar refractivity (Wildman–Crippen MR) is 91.3 cm³/mol. The number of hydrogen-bond acceptors (Lipinski definition) is 5. The molecule has 2 rings (SSSR count). The van der Waals surface area contributed by atoms with Gasteiger partial charge in [0.2, 0.25) is 5.91 Å². The number of carbonyl (C=O) groups excluding carboxylic acids is 1. The summed E-state index contributed by atoms with van der Waals surface area (Å²) in [6, 6.07) is 0. The first-order valence-corrected chi connectivity index (χ1v) is 8.92. The Bertz CT molecular complexity index is 553. The first-order chi connectivity index (χ1) is 11.2. The zero-order valence-electron chi connectivity index (χ0n) is 15.8. The highest BCUT2D eigenvalue weighted by Crippen LogP contribution is 2.35. The van der Waals surface area contributed by atoms with Gasteiger partial charge in [-0.1, -0.05) is 32.3 Å². The third-order valence-corrected chi connectivity index (χ3v) is 4.90. The minimum atomic E-state index is -0.709. The molecule has 3 atom stereocenters. The summed E-state index contributed by atoms with van der Waals surface area (Å²) in [5, 5.41) is 6.70. The molecule has 1 aliphatic carbocycles. The first-order valence-electron chi connectivity index (χ1n) is 8.92. The Morgan fingerprint density at radius 1 is 1.42 bits per heavy atom. The standard InChI is InChI=1S/C18H31N3O3/c1-11(2)14-8-7-12(3)9-15(14)23-10-16(22)20-18(5,6)17-19-13(4)21-24-17/h11-12,14-15H,7-10H2,1-6H3,(H,20,22). The van der Waals surface area contributed by atoms with Crippen LogP contribution in [0.3, 0.4) is 0 Å². The number of rotatable bonds is 6. The van der Waals surface area contributed by atoms with Crippen LogP contribution in [0, 0.1) is 24.7 Å². The molecular weight excluding hydrogens is 306 g/mol. The zero-order valence-corrected chi connectivity index (χ0v) is 15.8. The van der Waals surface area contributed by atoms with Gasteiger partial charge in [-0.15, -0.1) is 0 Å². The molecule has 1 heterocycles. The van der Waals surface area contributed by atoms with E-state index in [0.29, 0.717) is 29.5 Å². The molecule has 6 heteroatoms.